The molecule has 2 heterocycles. The van der Waals surface area contributed by atoms with Crippen LogP contribution >= 0.6 is 11.3 Å². The Morgan fingerprint density at radius 1 is 0.971 bits per heavy atom. The van der Waals surface area contributed by atoms with E-state index in [1.807, 2.05) is 35.7 Å². The highest BCUT2D eigenvalue weighted by molar-refractivity contribution is 7.89. The van der Waals surface area contributed by atoms with E-state index < -0.39 is 10.0 Å². The van der Waals surface area contributed by atoms with Crippen LogP contribution in [0.25, 0.3) is 0 Å². The van der Waals surface area contributed by atoms with Crippen molar-refractivity contribution in [3.8, 4) is 11.5 Å². The van der Waals surface area contributed by atoms with Crippen LogP contribution in [0.1, 0.15) is 37.6 Å². The fourth-order valence-electron chi connectivity index (χ4n) is 4.13. The van der Waals surface area contributed by atoms with Crippen LogP contribution in [0.4, 0.5) is 5.13 Å². The third-order valence-electron chi connectivity index (χ3n) is 6.27. The van der Waals surface area contributed by atoms with Crippen molar-refractivity contribution in [1.82, 2.24) is 9.29 Å². The summed E-state index contributed by atoms with van der Waals surface area (Å²) in [5, 5.41) is 2.96. The molecule has 0 atom stereocenters. The van der Waals surface area contributed by atoms with Crippen molar-refractivity contribution in [2.24, 2.45) is 0 Å². The van der Waals surface area contributed by atoms with Gasteiger partial charge < -0.3 is 14.4 Å². The van der Waals surface area contributed by atoms with Crippen molar-refractivity contribution in [1.29, 1.82) is 0 Å². The van der Waals surface area contributed by atoms with Crippen molar-refractivity contribution in [3.63, 3.8) is 0 Å². The molecule has 0 unspecified atom stereocenters. The standard InChI is InChI=1S/C26H33N3O4S2/c1-26(2,3)20-6-9-23(10-7-20)35(30,31)29-14-12-28(13-15-29)25-27-21(18-34-25)16-19-17-22(32-4)8-11-24(19)33-5/h6-11,17-18H,12-16H2,1-5H3. The number of piperazine rings is 1. The van der Waals surface area contributed by atoms with Crippen molar-refractivity contribution < 1.29 is 17.9 Å². The zero-order chi connectivity index (χ0) is 25.2. The zero-order valence-electron chi connectivity index (χ0n) is 20.9. The topological polar surface area (TPSA) is 72.0 Å². The smallest absolute Gasteiger partial charge is 0.243 e. The lowest BCUT2D eigenvalue weighted by atomic mass is 9.87. The van der Waals surface area contributed by atoms with Crippen molar-refractivity contribution in [2.75, 3.05) is 45.3 Å². The number of hydrogen-bond acceptors (Lipinski definition) is 7. The molecule has 3 aromatic rings. The van der Waals surface area contributed by atoms with Gasteiger partial charge in [-0.1, -0.05) is 32.9 Å². The highest BCUT2D eigenvalue weighted by atomic mass is 32.2. The molecule has 4 rings (SSSR count). The summed E-state index contributed by atoms with van der Waals surface area (Å²) < 4.78 is 38.8. The average Bonchev–Trinajstić information content (AvgIpc) is 3.32. The molecule has 0 aliphatic carbocycles. The minimum absolute atomic E-state index is 0.0157. The quantitative estimate of drug-likeness (QED) is 0.459. The third kappa shape index (κ3) is 5.63. The SMILES string of the molecule is COc1ccc(OC)c(Cc2csc(N3CCN(S(=O)(=O)c4ccc(C(C)(C)C)cc4)CC3)n2)c1. The molecule has 1 fully saturated rings. The molecule has 1 saturated heterocycles. The number of hydrogen-bond donors (Lipinski definition) is 0. The molecule has 2 aromatic carbocycles. The number of aromatic nitrogens is 1. The number of ether oxygens (including phenoxy) is 2. The van der Waals surface area contributed by atoms with Crippen molar-refractivity contribution in [2.45, 2.75) is 37.5 Å². The number of sulfonamides is 1. The summed E-state index contributed by atoms with van der Waals surface area (Å²) in [4.78, 5) is 7.33. The third-order valence-corrected chi connectivity index (χ3v) is 9.13. The van der Waals surface area contributed by atoms with Crippen molar-refractivity contribution >= 4 is 26.5 Å². The van der Waals surface area contributed by atoms with E-state index >= 15 is 0 Å². The van der Waals surface area contributed by atoms with Gasteiger partial charge in [-0.2, -0.15) is 4.31 Å². The summed E-state index contributed by atoms with van der Waals surface area (Å²) in [6.45, 7) is 8.43. The van der Waals surface area contributed by atoms with Crippen LogP contribution in [0, 0.1) is 0 Å². The van der Waals surface area contributed by atoms with Crippen LogP contribution in [0.3, 0.4) is 0 Å². The predicted octanol–water partition coefficient (Wildman–Crippen LogP) is 4.56. The van der Waals surface area contributed by atoms with Crippen molar-refractivity contribution in [3.05, 3.63) is 64.7 Å². The molecule has 0 amide bonds. The molecule has 35 heavy (non-hydrogen) atoms. The maximum absolute atomic E-state index is 13.2. The Morgan fingerprint density at radius 3 is 2.26 bits per heavy atom. The van der Waals surface area contributed by atoms with Gasteiger partial charge in [-0.15, -0.1) is 11.3 Å². The second-order valence-corrected chi connectivity index (χ2v) is 12.4. The molecule has 7 nitrogen and oxygen atoms in total. The Bertz CT molecular complexity index is 1260. The van der Waals surface area contributed by atoms with Gasteiger partial charge >= 0.3 is 0 Å². The summed E-state index contributed by atoms with van der Waals surface area (Å²) in [5.41, 5.74) is 3.06. The first kappa shape index (κ1) is 25.5. The van der Waals surface area contributed by atoms with Crippen LogP contribution in [-0.2, 0) is 21.9 Å². The lowest BCUT2D eigenvalue weighted by Gasteiger charge is -2.33. The van der Waals surface area contributed by atoms with E-state index in [-0.39, 0.29) is 5.41 Å². The van der Waals surface area contributed by atoms with E-state index in [1.54, 1.807) is 42.0 Å². The van der Waals surface area contributed by atoms with Gasteiger partial charge in [0, 0.05) is 43.5 Å². The molecule has 9 heteroatoms. The Hall–Kier alpha value is -2.62. The molecule has 0 saturated carbocycles. The van der Waals surface area contributed by atoms with E-state index in [2.05, 4.69) is 25.7 Å². The highest BCUT2D eigenvalue weighted by Gasteiger charge is 2.29. The van der Waals surface area contributed by atoms with Crippen LogP contribution in [-0.4, -0.2) is 58.1 Å². The number of anilines is 1. The first-order chi connectivity index (χ1) is 16.6. The van der Waals surface area contributed by atoms with Gasteiger partial charge in [0.15, 0.2) is 5.13 Å². The molecule has 0 spiro atoms. The molecular weight excluding hydrogens is 482 g/mol. The summed E-state index contributed by atoms with van der Waals surface area (Å²) in [6, 6.07) is 13.0. The highest BCUT2D eigenvalue weighted by Crippen LogP contribution is 2.30. The number of benzene rings is 2. The second kappa shape index (κ2) is 10.2. The van der Waals surface area contributed by atoms with E-state index in [0.717, 1.165) is 33.5 Å². The molecule has 0 N–H and O–H groups in total. The summed E-state index contributed by atoms with van der Waals surface area (Å²) in [6.07, 6.45) is 0.635. The van der Waals surface area contributed by atoms with Crippen LogP contribution in [0.2, 0.25) is 0 Å². The Kier molecular flexibility index (Phi) is 7.40. The lowest BCUT2D eigenvalue weighted by Crippen LogP contribution is -2.48. The number of rotatable bonds is 7. The minimum Gasteiger partial charge on any atom is -0.497 e. The molecule has 0 bridgehead atoms. The van der Waals surface area contributed by atoms with Gasteiger partial charge in [-0.25, -0.2) is 13.4 Å². The fourth-order valence-corrected chi connectivity index (χ4v) is 6.43. The Labute approximate surface area is 212 Å². The molecule has 0 radical (unpaired) electrons. The van der Waals surface area contributed by atoms with Crippen LogP contribution < -0.4 is 14.4 Å². The van der Waals surface area contributed by atoms with Crippen LogP contribution in [0.5, 0.6) is 11.5 Å². The van der Waals surface area contributed by atoms with E-state index in [4.69, 9.17) is 14.5 Å². The first-order valence-electron chi connectivity index (χ1n) is 11.6. The van der Waals surface area contributed by atoms with Gasteiger partial charge in [0.25, 0.3) is 0 Å². The fraction of sp³-hybridized carbons (Fsp3) is 0.423. The van der Waals surface area contributed by atoms with Gasteiger partial charge in [-0.3, -0.25) is 0 Å². The predicted molar refractivity (Wildman–Crippen MR) is 141 cm³/mol. The monoisotopic (exact) mass is 515 g/mol. The maximum Gasteiger partial charge on any atom is 0.243 e. The normalized spacial score (nSPS) is 15.3. The zero-order valence-corrected chi connectivity index (χ0v) is 22.6. The van der Waals surface area contributed by atoms with Gasteiger partial charge in [0.05, 0.1) is 24.8 Å². The van der Waals surface area contributed by atoms with Crippen LogP contribution in [0.15, 0.2) is 52.7 Å². The average molecular weight is 516 g/mol. The van der Waals surface area contributed by atoms with Gasteiger partial charge in [-0.05, 0) is 41.3 Å². The molecule has 1 aliphatic rings. The number of thiazole rings is 1. The number of nitrogens with zero attached hydrogens (tertiary/aromatic N) is 3. The minimum atomic E-state index is -3.52. The van der Waals surface area contributed by atoms with Gasteiger partial charge in [0.1, 0.15) is 11.5 Å². The first-order valence-corrected chi connectivity index (χ1v) is 13.9. The van der Waals surface area contributed by atoms with E-state index in [1.165, 1.54) is 0 Å². The largest absolute Gasteiger partial charge is 0.497 e. The summed E-state index contributed by atoms with van der Waals surface area (Å²) in [7, 11) is -0.213. The maximum atomic E-state index is 13.2. The van der Waals surface area contributed by atoms with E-state index in [0.29, 0.717) is 37.5 Å². The lowest BCUT2D eigenvalue weighted by molar-refractivity contribution is 0.384. The molecule has 1 aromatic heterocycles. The molecular formula is C26H33N3O4S2. The molecule has 1 aliphatic heterocycles. The Balaban J connectivity index is 1.41. The van der Waals surface area contributed by atoms with E-state index in [9.17, 15) is 8.42 Å². The molecule has 188 valence electrons. The number of methoxy groups -OCH3 is 2. The second-order valence-electron chi connectivity index (χ2n) is 9.64. The summed E-state index contributed by atoms with van der Waals surface area (Å²) in [5.74, 6) is 1.58. The Morgan fingerprint density at radius 2 is 1.66 bits per heavy atom. The van der Waals surface area contributed by atoms with Gasteiger partial charge in [0.2, 0.25) is 10.0 Å². The summed E-state index contributed by atoms with van der Waals surface area (Å²) >= 11 is 1.58.